The molecule has 0 spiro atoms. The summed E-state index contributed by atoms with van der Waals surface area (Å²) >= 11 is 0. The molecule has 0 radical (unpaired) electrons. The lowest BCUT2D eigenvalue weighted by molar-refractivity contribution is -0.132. The normalized spacial score (nSPS) is 19.9. The Morgan fingerprint density at radius 3 is 1.59 bits per heavy atom. The molecule has 3 aromatic rings. The number of phosphoric acid groups is 1. The van der Waals surface area contributed by atoms with Crippen LogP contribution in [-0.4, -0.2) is 57.2 Å². The topological polar surface area (TPSA) is 166 Å². The number of carbonyl (C=O) groups is 4. The first kappa shape index (κ1) is 29.6. The Morgan fingerprint density at radius 2 is 1.20 bits per heavy atom. The maximum atomic E-state index is 13.1. The molecule has 12 nitrogen and oxygen atoms in total. The molecule has 0 saturated carbocycles. The van der Waals surface area contributed by atoms with Crippen molar-refractivity contribution in [3.63, 3.8) is 0 Å². The van der Waals surface area contributed by atoms with Crippen LogP contribution in [0.5, 0.6) is 0 Å². The van der Waals surface area contributed by atoms with Gasteiger partial charge in [0, 0.05) is 7.05 Å². The van der Waals surface area contributed by atoms with Crippen LogP contribution in [0.2, 0.25) is 0 Å². The lowest BCUT2D eigenvalue weighted by Crippen LogP contribution is -2.45. The molecular formula is C28H29N4O8P. The molecule has 0 aromatic heterocycles. The van der Waals surface area contributed by atoms with Crippen LogP contribution in [-0.2, 0) is 29.8 Å². The number of nitrogens with one attached hydrogen (secondary N) is 2. The number of rotatable bonds is 7. The molecule has 2 aliphatic heterocycles. The fraction of sp³-hybridized carbons (Fsp3) is 0.214. The van der Waals surface area contributed by atoms with Crippen molar-refractivity contribution in [2.45, 2.75) is 24.4 Å². The second-order valence-corrected chi connectivity index (χ2v) is 10.6. The molecule has 1 atom stereocenters. The highest BCUT2D eigenvalue weighted by molar-refractivity contribution is 7.46. The van der Waals surface area contributed by atoms with Gasteiger partial charge in [-0.25, -0.2) is 19.1 Å². The third kappa shape index (κ3) is 5.63. The fourth-order valence-corrected chi connectivity index (χ4v) is 5.09. The predicted molar refractivity (Wildman–Crippen MR) is 147 cm³/mol. The van der Waals surface area contributed by atoms with Crippen molar-refractivity contribution < 1.29 is 38.1 Å². The van der Waals surface area contributed by atoms with Crippen LogP contribution in [0, 0.1) is 0 Å². The summed E-state index contributed by atoms with van der Waals surface area (Å²) in [4.78, 5) is 68.5. The molecule has 2 fully saturated rings. The second kappa shape index (κ2) is 11.6. The first-order valence-corrected chi connectivity index (χ1v) is 14.1. The summed E-state index contributed by atoms with van der Waals surface area (Å²) in [5.41, 5.74) is -0.484. The Balaban J connectivity index is 0.000000208. The molecule has 6 amide bonds. The molecule has 5 rings (SSSR count). The lowest BCUT2D eigenvalue weighted by atomic mass is 9.83. The van der Waals surface area contributed by atoms with Gasteiger partial charge in [-0.15, -0.1) is 0 Å². The smallest absolute Gasteiger partial charge is 0.319 e. The van der Waals surface area contributed by atoms with Crippen molar-refractivity contribution in [3.05, 3.63) is 108 Å². The Labute approximate surface area is 236 Å². The highest BCUT2D eigenvalue weighted by Crippen LogP contribution is 2.39. The van der Waals surface area contributed by atoms with Crippen LogP contribution in [0.4, 0.5) is 9.59 Å². The summed E-state index contributed by atoms with van der Waals surface area (Å²) in [5, 5.41) is 5.41. The number of likely N-dealkylation sites (N-methyl/N-ethyl adjacent to an activating group) is 1. The van der Waals surface area contributed by atoms with Crippen molar-refractivity contribution in [1.82, 2.24) is 20.4 Å². The van der Waals surface area contributed by atoms with Crippen molar-refractivity contribution >= 4 is 31.7 Å². The zero-order valence-electron chi connectivity index (χ0n) is 22.3. The molecule has 214 valence electrons. The van der Waals surface area contributed by atoms with E-state index in [1.807, 2.05) is 37.3 Å². The largest absolute Gasteiger partial charge is 0.471 e. The van der Waals surface area contributed by atoms with Crippen LogP contribution in [0.15, 0.2) is 91.0 Å². The van der Waals surface area contributed by atoms with E-state index in [0.717, 1.165) is 10.5 Å². The Morgan fingerprint density at radius 1 is 0.732 bits per heavy atom. The minimum atomic E-state index is -4.83. The van der Waals surface area contributed by atoms with E-state index >= 15 is 0 Å². The highest BCUT2D eigenvalue weighted by atomic mass is 31.2. The molecule has 3 aromatic carbocycles. The summed E-state index contributed by atoms with van der Waals surface area (Å²) < 4.78 is 15.2. The van der Waals surface area contributed by atoms with Gasteiger partial charge in [-0.05, 0) is 23.1 Å². The number of benzene rings is 3. The van der Waals surface area contributed by atoms with E-state index in [-0.39, 0.29) is 11.9 Å². The molecule has 2 saturated heterocycles. The average Bonchev–Trinajstić information content (AvgIpc) is 3.37. The first-order valence-electron chi connectivity index (χ1n) is 12.6. The van der Waals surface area contributed by atoms with Crippen LogP contribution in [0.3, 0.4) is 0 Å². The molecule has 2 heterocycles. The van der Waals surface area contributed by atoms with Gasteiger partial charge in [-0.1, -0.05) is 97.9 Å². The van der Waals surface area contributed by atoms with E-state index in [9.17, 15) is 23.7 Å². The van der Waals surface area contributed by atoms with E-state index in [0.29, 0.717) is 22.4 Å². The van der Waals surface area contributed by atoms with Crippen LogP contribution in [0.1, 0.15) is 30.0 Å². The summed E-state index contributed by atoms with van der Waals surface area (Å²) in [6, 6.07) is 25.4. The van der Waals surface area contributed by atoms with Crippen LogP contribution >= 0.6 is 7.82 Å². The third-order valence-electron chi connectivity index (χ3n) is 6.97. The van der Waals surface area contributed by atoms with Crippen molar-refractivity contribution in [1.29, 1.82) is 0 Å². The van der Waals surface area contributed by atoms with Gasteiger partial charge in [0.15, 0.2) is 5.54 Å². The molecule has 0 bridgehead atoms. The van der Waals surface area contributed by atoms with Crippen LogP contribution in [0.25, 0.3) is 0 Å². The molecule has 13 heteroatoms. The number of imide groups is 2. The summed E-state index contributed by atoms with van der Waals surface area (Å²) in [7, 11) is -3.33. The standard InChI is InChI=1S/C16H15N2O6P.C12H14N2O2/c19-14-16(12-7-3-1-4-8-12,13-9-5-2-6-10-13)17-15(20)18(14)11-24-25(21,22)23;1-3-12(9-7-5-4-6-8-9)10(15)14(2)11(16)13-12/h1-10H,11H2,(H,17,20)(H2,21,22,23);4-8H,3H2,1-2H3,(H,13,16). The van der Waals surface area contributed by atoms with Gasteiger partial charge in [-0.3, -0.25) is 19.0 Å². The van der Waals surface area contributed by atoms with Gasteiger partial charge in [0.25, 0.3) is 11.8 Å². The van der Waals surface area contributed by atoms with Gasteiger partial charge < -0.3 is 20.4 Å². The van der Waals surface area contributed by atoms with Crippen molar-refractivity contribution in [2.24, 2.45) is 0 Å². The number of hydrogen-bond acceptors (Lipinski definition) is 6. The van der Waals surface area contributed by atoms with Crippen molar-refractivity contribution in [3.8, 4) is 0 Å². The Bertz CT molecular complexity index is 1440. The van der Waals surface area contributed by atoms with Crippen molar-refractivity contribution in [2.75, 3.05) is 13.8 Å². The Hall–Kier alpha value is -4.35. The maximum absolute atomic E-state index is 13.1. The number of carbonyl (C=O) groups excluding carboxylic acids is 4. The van der Waals surface area contributed by atoms with Gasteiger partial charge in [0.1, 0.15) is 12.3 Å². The quantitative estimate of drug-likeness (QED) is 0.245. The van der Waals surface area contributed by atoms with Gasteiger partial charge in [0.05, 0.1) is 0 Å². The predicted octanol–water partition coefficient (Wildman–Crippen LogP) is 3.02. The molecule has 41 heavy (non-hydrogen) atoms. The number of amides is 6. The van der Waals surface area contributed by atoms with E-state index < -0.39 is 37.6 Å². The number of hydrogen-bond donors (Lipinski definition) is 4. The minimum absolute atomic E-state index is 0.189. The van der Waals surface area contributed by atoms with Gasteiger partial charge in [0.2, 0.25) is 0 Å². The van der Waals surface area contributed by atoms with E-state index in [1.54, 1.807) is 60.7 Å². The van der Waals surface area contributed by atoms with E-state index in [4.69, 9.17) is 9.79 Å². The summed E-state index contributed by atoms with van der Waals surface area (Å²) in [5.74, 6) is -0.866. The summed E-state index contributed by atoms with van der Waals surface area (Å²) in [6.45, 7) is 1.04. The SMILES string of the molecule is CCC1(c2ccccc2)NC(=O)N(C)C1=O.O=C1NC(c2ccccc2)(c2ccccc2)C(=O)N1COP(=O)(O)O. The number of phosphoric ester groups is 1. The number of nitrogens with zero attached hydrogens (tertiary/aromatic N) is 2. The van der Waals surface area contributed by atoms with Crippen LogP contribution < -0.4 is 10.6 Å². The highest BCUT2D eigenvalue weighted by Gasteiger charge is 2.54. The monoisotopic (exact) mass is 580 g/mol. The molecular weight excluding hydrogens is 551 g/mol. The zero-order valence-corrected chi connectivity index (χ0v) is 23.2. The molecule has 0 aliphatic carbocycles. The van der Waals surface area contributed by atoms with Gasteiger partial charge in [-0.2, -0.15) is 0 Å². The van der Waals surface area contributed by atoms with Gasteiger partial charge >= 0.3 is 19.9 Å². The van der Waals surface area contributed by atoms with E-state index in [1.165, 1.54) is 7.05 Å². The zero-order chi connectivity index (χ0) is 29.8. The summed E-state index contributed by atoms with van der Waals surface area (Å²) in [6.07, 6.45) is 0.548. The number of urea groups is 2. The third-order valence-corrected chi connectivity index (χ3v) is 7.42. The lowest BCUT2D eigenvalue weighted by Gasteiger charge is -2.27. The second-order valence-electron chi connectivity index (χ2n) is 9.31. The Kier molecular flexibility index (Phi) is 8.41. The molecule has 1 unspecified atom stereocenters. The maximum Gasteiger partial charge on any atom is 0.471 e. The fourth-order valence-electron chi connectivity index (χ4n) is 4.82. The average molecular weight is 581 g/mol. The molecule has 4 N–H and O–H groups in total. The minimum Gasteiger partial charge on any atom is -0.319 e. The molecule has 2 aliphatic rings. The first-order chi connectivity index (χ1) is 19.5. The van der Waals surface area contributed by atoms with E-state index in [2.05, 4.69) is 15.2 Å².